The van der Waals surface area contributed by atoms with E-state index in [1.165, 1.54) is 17.3 Å². The molecule has 168 valence electrons. The van der Waals surface area contributed by atoms with Crippen molar-refractivity contribution in [2.24, 2.45) is 4.99 Å². The second kappa shape index (κ2) is 9.98. The van der Waals surface area contributed by atoms with Crippen LogP contribution in [0.5, 0.6) is 0 Å². The number of amides is 1. The van der Waals surface area contributed by atoms with Gasteiger partial charge in [0.15, 0.2) is 5.17 Å². The third-order valence-corrected chi connectivity index (χ3v) is 6.74. The summed E-state index contributed by atoms with van der Waals surface area (Å²) in [5.41, 5.74) is 5.21. The van der Waals surface area contributed by atoms with Crippen molar-refractivity contribution in [3.63, 3.8) is 0 Å². The smallest absolute Gasteiger partial charge is 0.266 e. The Kier molecular flexibility index (Phi) is 6.45. The number of aryl methyl sites for hydroxylation is 1. The first-order valence-corrected chi connectivity index (χ1v) is 12.1. The first-order chi connectivity index (χ1) is 16.7. The average Bonchev–Trinajstić information content (AvgIpc) is 3.38. The minimum absolute atomic E-state index is 0.00548. The molecule has 1 fully saturated rings. The Morgan fingerprint density at radius 3 is 2.18 bits per heavy atom. The first kappa shape index (κ1) is 22.0. The zero-order valence-electron chi connectivity index (χ0n) is 19.0. The topological polar surface area (TPSA) is 37.6 Å². The molecule has 2 heterocycles. The molecule has 4 nitrogen and oxygen atoms in total. The summed E-state index contributed by atoms with van der Waals surface area (Å²) in [5.74, 6) is -0.00548. The lowest BCUT2D eigenvalue weighted by molar-refractivity contribution is -0.122. The van der Waals surface area contributed by atoms with E-state index in [4.69, 9.17) is 4.99 Å². The molecule has 4 aromatic rings. The second-order valence-corrected chi connectivity index (χ2v) is 9.11. The van der Waals surface area contributed by atoms with Crippen molar-refractivity contribution in [1.82, 2.24) is 9.47 Å². The summed E-state index contributed by atoms with van der Waals surface area (Å²) in [5, 5.41) is 0.716. The highest BCUT2D eigenvalue weighted by Crippen LogP contribution is 2.35. The van der Waals surface area contributed by atoms with E-state index in [-0.39, 0.29) is 5.91 Å². The maximum Gasteiger partial charge on any atom is 0.266 e. The van der Waals surface area contributed by atoms with Crippen molar-refractivity contribution in [2.75, 3.05) is 6.54 Å². The summed E-state index contributed by atoms with van der Waals surface area (Å²) < 4.78 is 2.17. The molecule has 1 aliphatic heterocycles. The summed E-state index contributed by atoms with van der Waals surface area (Å²) in [7, 11) is 0. The Hall–Kier alpha value is -3.83. The van der Waals surface area contributed by atoms with E-state index >= 15 is 0 Å². The molecule has 1 aromatic heterocycles. The SMILES string of the molecule is Cc1ccc(/C=C2\SC(=Nc3ccccc3)N(CCc3ccccc3)C2=O)n1-c1ccccc1. The standard InChI is InChI=1S/C29H25N3OS/c1-22-17-18-26(32(22)25-15-9-4-10-16-25)21-27-28(33)31(20-19-23-11-5-2-6-12-23)29(34-27)30-24-13-7-3-8-14-24/h2-18,21H,19-20H2,1H3/b27-21-,30-29?. The van der Waals surface area contributed by atoms with E-state index in [0.29, 0.717) is 16.6 Å². The van der Waals surface area contributed by atoms with Gasteiger partial charge in [0.2, 0.25) is 0 Å². The van der Waals surface area contributed by atoms with Crippen LogP contribution in [0.2, 0.25) is 0 Å². The van der Waals surface area contributed by atoms with Crippen molar-refractivity contribution >= 4 is 34.6 Å². The molecule has 1 saturated heterocycles. The van der Waals surface area contributed by atoms with E-state index in [1.54, 1.807) is 4.90 Å². The highest BCUT2D eigenvalue weighted by molar-refractivity contribution is 8.18. The minimum atomic E-state index is -0.00548. The Labute approximate surface area is 204 Å². The predicted octanol–water partition coefficient (Wildman–Crippen LogP) is 6.63. The molecule has 0 saturated carbocycles. The van der Waals surface area contributed by atoms with Gasteiger partial charge in [-0.15, -0.1) is 0 Å². The number of amidine groups is 1. The van der Waals surface area contributed by atoms with E-state index in [2.05, 4.69) is 47.9 Å². The quantitative estimate of drug-likeness (QED) is 0.301. The largest absolute Gasteiger partial charge is 0.314 e. The van der Waals surface area contributed by atoms with Crippen LogP contribution in [0, 0.1) is 6.92 Å². The maximum absolute atomic E-state index is 13.5. The molecule has 1 amide bonds. The Balaban J connectivity index is 1.49. The van der Waals surface area contributed by atoms with E-state index in [0.717, 1.165) is 29.2 Å². The molecule has 0 aliphatic carbocycles. The number of benzene rings is 3. The normalized spacial score (nSPS) is 16.0. The highest BCUT2D eigenvalue weighted by atomic mass is 32.2. The van der Waals surface area contributed by atoms with Crippen LogP contribution in [0.3, 0.4) is 0 Å². The summed E-state index contributed by atoms with van der Waals surface area (Å²) in [6.45, 7) is 2.66. The van der Waals surface area contributed by atoms with Crippen LogP contribution in [-0.2, 0) is 11.2 Å². The van der Waals surface area contributed by atoms with Gasteiger partial charge in [-0.05, 0) is 73.1 Å². The van der Waals surface area contributed by atoms with Crippen LogP contribution in [-0.4, -0.2) is 27.1 Å². The number of aliphatic imine (C=N–C) groups is 1. The monoisotopic (exact) mass is 463 g/mol. The molecule has 0 radical (unpaired) electrons. The Morgan fingerprint density at radius 1 is 0.824 bits per heavy atom. The molecule has 5 rings (SSSR count). The van der Waals surface area contributed by atoms with Crippen molar-refractivity contribution < 1.29 is 4.79 Å². The van der Waals surface area contributed by atoms with Gasteiger partial charge in [0.25, 0.3) is 5.91 Å². The van der Waals surface area contributed by atoms with Crippen molar-refractivity contribution in [1.29, 1.82) is 0 Å². The minimum Gasteiger partial charge on any atom is -0.314 e. The number of para-hydroxylation sites is 2. The zero-order valence-corrected chi connectivity index (χ0v) is 19.8. The van der Waals surface area contributed by atoms with Gasteiger partial charge < -0.3 is 4.57 Å². The predicted molar refractivity (Wildman–Crippen MR) is 141 cm³/mol. The van der Waals surface area contributed by atoms with Gasteiger partial charge in [0.05, 0.1) is 10.6 Å². The lowest BCUT2D eigenvalue weighted by Crippen LogP contribution is -2.31. The van der Waals surface area contributed by atoms with Gasteiger partial charge in [-0.1, -0.05) is 66.7 Å². The van der Waals surface area contributed by atoms with Gasteiger partial charge in [0.1, 0.15) is 0 Å². The number of hydrogen-bond donors (Lipinski definition) is 0. The summed E-state index contributed by atoms with van der Waals surface area (Å²) in [4.78, 5) is 20.8. The summed E-state index contributed by atoms with van der Waals surface area (Å²) >= 11 is 1.44. The van der Waals surface area contributed by atoms with E-state index in [9.17, 15) is 4.79 Å². The van der Waals surface area contributed by atoms with Crippen LogP contribution in [0.1, 0.15) is 17.0 Å². The number of rotatable bonds is 6. The lowest BCUT2D eigenvalue weighted by atomic mass is 10.1. The molecule has 3 aromatic carbocycles. The van der Waals surface area contributed by atoms with Crippen LogP contribution < -0.4 is 0 Å². The molecule has 0 bridgehead atoms. The Morgan fingerprint density at radius 2 is 1.47 bits per heavy atom. The number of thioether (sulfide) groups is 1. The zero-order chi connectivity index (χ0) is 23.3. The molecule has 5 heteroatoms. The molecule has 0 atom stereocenters. The number of aromatic nitrogens is 1. The summed E-state index contributed by atoms with van der Waals surface area (Å²) in [6, 6.07) is 34.4. The van der Waals surface area contributed by atoms with Crippen LogP contribution in [0.25, 0.3) is 11.8 Å². The van der Waals surface area contributed by atoms with Crippen molar-refractivity contribution in [2.45, 2.75) is 13.3 Å². The van der Waals surface area contributed by atoms with Crippen LogP contribution >= 0.6 is 11.8 Å². The molecule has 0 spiro atoms. The van der Waals surface area contributed by atoms with Crippen LogP contribution in [0.15, 0.2) is 113 Å². The van der Waals surface area contributed by atoms with Gasteiger partial charge in [-0.2, -0.15) is 0 Å². The number of carbonyl (C=O) groups excluding carboxylic acids is 1. The highest BCUT2D eigenvalue weighted by Gasteiger charge is 2.33. The van der Waals surface area contributed by atoms with E-state index in [1.807, 2.05) is 72.8 Å². The first-order valence-electron chi connectivity index (χ1n) is 11.3. The fourth-order valence-corrected chi connectivity index (χ4v) is 5.03. The van der Waals surface area contributed by atoms with E-state index < -0.39 is 0 Å². The molecular weight excluding hydrogens is 438 g/mol. The third-order valence-electron chi connectivity index (χ3n) is 5.74. The van der Waals surface area contributed by atoms with Crippen molar-refractivity contribution in [3.05, 3.63) is 125 Å². The van der Waals surface area contributed by atoms with Crippen LogP contribution in [0.4, 0.5) is 5.69 Å². The molecule has 1 aliphatic rings. The molecular formula is C29H25N3OS. The van der Waals surface area contributed by atoms with Gasteiger partial charge in [-0.25, -0.2) is 4.99 Å². The van der Waals surface area contributed by atoms with Gasteiger partial charge in [-0.3, -0.25) is 9.69 Å². The lowest BCUT2D eigenvalue weighted by Gasteiger charge is -2.15. The summed E-state index contributed by atoms with van der Waals surface area (Å²) in [6.07, 6.45) is 2.75. The Bertz CT molecular complexity index is 1340. The molecule has 34 heavy (non-hydrogen) atoms. The number of hydrogen-bond acceptors (Lipinski definition) is 3. The number of nitrogens with zero attached hydrogens (tertiary/aromatic N) is 3. The van der Waals surface area contributed by atoms with Gasteiger partial charge in [0, 0.05) is 23.6 Å². The van der Waals surface area contributed by atoms with Gasteiger partial charge >= 0.3 is 0 Å². The fraction of sp³-hybridized carbons (Fsp3) is 0.103. The van der Waals surface area contributed by atoms with Crippen molar-refractivity contribution in [3.8, 4) is 5.69 Å². The second-order valence-electron chi connectivity index (χ2n) is 8.10. The fourth-order valence-electron chi connectivity index (χ4n) is 4.02. The third kappa shape index (κ3) is 4.75. The average molecular weight is 464 g/mol. The molecule has 0 N–H and O–H groups in total. The molecule has 0 unspecified atom stereocenters. The maximum atomic E-state index is 13.5. The number of carbonyl (C=O) groups is 1.